The van der Waals surface area contributed by atoms with Crippen molar-refractivity contribution in [1.82, 2.24) is 9.88 Å². The molecule has 1 fully saturated rings. The van der Waals surface area contributed by atoms with Crippen LogP contribution in [0.25, 0.3) is 0 Å². The average molecular weight is 433 g/mol. The third-order valence-electron chi connectivity index (χ3n) is 5.92. The van der Waals surface area contributed by atoms with Crippen molar-refractivity contribution in [3.8, 4) is 11.5 Å². The van der Waals surface area contributed by atoms with E-state index in [9.17, 15) is 9.90 Å². The van der Waals surface area contributed by atoms with Crippen molar-refractivity contribution in [3.63, 3.8) is 0 Å². The highest BCUT2D eigenvalue weighted by Crippen LogP contribution is 2.37. The number of ether oxygens (including phenoxy) is 2. The third kappa shape index (κ3) is 5.08. The number of rotatable bonds is 9. The van der Waals surface area contributed by atoms with E-state index in [2.05, 4.69) is 9.88 Å². The maximum atomic E-state index is 11.9. The molecule has 6 nitrogen and oxygen atoms in total. The van der Waals surface area contributed by atoms with Gasteiger partial charge in [-0.25, -0.2) is 0 Å². The number of hydrogen-bond donors (Lipinski definition) is 1. The van der Waals surface area contributed by atoms with Crippen molar-refractivity contribution in [2.75, 3.05) is 13.7 Å². The topological polar surface area (TPSA) is 71.9 Å². The number of pyridine rings is 1. The smallest absolute Gasteiger partial charge is 0.320 e. The lowest BCUT2D eigenvalue weighted by Crippen LogP contribution is -2.39. The molecular weight excluding hydrogens is 404 g/mol. The number of likely N-dealkylation sites (tertiary alicyclic amines) is 1. The summed E-state index contributed by atoms with van der Waals surface area (Å²) in [6.45, 7) is 1.18. The summed E-state index contributed by atoms with van der Waals surface area (Å²) in [5, 5.41) is 9.77. The third-order valence-corrected chi connectivity index (χ3v) is 5.92. The highest BCUT2D eigenvalue weighted by atomic mass is 16.5. The first kappa shape index (κ1) is 21.8. The van der Waals surface area contributed by atoms with E-state index < -0.39 is 12.0 Å². The van der Waals surface area contributed by atoms with E-state index in [0.717, 1.165) is 29.8 Å². The van der Waals surface area contributed by atoms with Crippen LogP contribution in [0, 0.1) is 0 Å². The monoisotopic (exact) mass is 432 g/mol. The Labute approximate surface area is 188 Å². The summed E-state index contributed by atoms with van der Waals surface area (Å²) in [7, 11) is 1.62. The van der Waals surface area contributed by atoms with Crippen molar-refractivity contribution >= 4 is 5.97 Å². The van der Waals surface area contributed by atoms with Gasteiger partial charge in [0.05, 0.1) is 7.11 Å². The zero-order valence-corrected chi connectivity index (χ0v) is 18.2. The van der Waals surface area contributed by atoms with E-state index in [1.165, 1.54) is 0 Å². The van der Waals surface area contributed by atoms with E-state index in [1.54, 1.807) is 13.3 Å². The Morgan fingerprint density at radius 3 is 2.66 bits per heavy atom. The van der Waals surface area contributed by atoms with Gasteiger partial charge in [0.2, 0.25) is 0 Å². The summed E-state index contributed by atoms with van der Waals surface area (Å²) in [6.07, 6.45) is 3.92. The van der Waals surface area contributed by atoms with Crippen molar-refractivity contribution in [3.05, 3.63) is 89.7 Å². The van der Waals surface area contributed by atoms with Gasteiger partial charge in [0.15, 0.2) is 11.5 Å². The van der Waals surface area contributed by atoms with Gasteiger partial charge in [-0.15, -0.1) is 0 Å². The molecule has 0 aliphatic carbocycles. The van der Waals surface area contributed by atoms with Crippen LogP contribution in [0.2, 0.25) is 0 Å². The Hall–Kier alpha value is -3.38. The number of carboxylic acids is 1. The lowest BCUT2D eigenvalue weighted by molar-refractivity contribution is -0.143. The Kier molecular flexibility index (Phi) is 7.02. The van der Waals surface area contributed by atoms with Gasteiger partial charge < -0.3 is 14.6 Å². The fourth-order valence-corrected chi connectivity index (χ4v) is 4.32. The van der Waals surface area contributed by atoms with Gasteiger partial charge in [-0.05, 0) is 54.8 Å². The van der Waals surface area contributed by atoms with Gasteiger partial charge >= 0.3 is 5.97 Å². The number of nitrogens with zero attached hydrogens (tertiary/aromatic N) is 2. The SMILES string of the molecule is COc1cc(C(Cc2ccccn2)N2CCCC2C(=O)O)ccc1OCc1ccccc1. The zero-order chi connectivity index (χ0) is 22.3. The van der Waals surface area contributed by atoms with Gasteiger partial charge in [-0.1, -0.05) is 42.5 Å². The van der Waals surface area contributed by atoms with Gasteiger partial charge in [0.1, 0.15) is 12.6 Å². The fourth-order valence-electron chi connectivity index (χ4n) is 4.32. The summed E-state index contributed by atoms with van der Waals surface area (Å²) >= 11 is 0. The largest absolute Gasteiger partial charge is 0.493 e. The molecule has 0 bridgehead atoms. The van der Waals surface area contributed by atoms with E-state index >= 15 is 0 Å². The predicted molar refractivity (Wildman–Crippen MR) is 122 cm³/mol. The Morgan fingerprint density at radius 2 is 1.94 bits per heavy atom. The molecule has 4 rings (SSSR count). The van der Waals surface area contributed by atoms with E-state index in [4.69, 9.17) is 9.47 Å². The quantitative estimate of drug-likeness (QED) is 0.537. The number of aromatic nitrogens is 1. The second-order valence-electron chi connectivity index (χ2n) is 7.96. The molecule has 1 N–H and O–H groups in total. The normalized spacial score (nSPS) is 17.1. The highest BCUT2D eigenvalue weighted by Gasteiger charge is 2.36. The van der Waals surface area contributed by atoms with E-state index in [1.807, 2.05) is 66.7 Å². The van der Waals surface area contributed by atoms with Crippen molar-refractivity contribution in [1.29, 1.82) is 0 Å². The van der Waals surface area contributed by atoms with E-state index in [-0.39, 0.29) is 6.04 Å². The molecule has 2 aromatic carbocycles. The van der Waals surface area contributed by atoms with Crippen LogP contribution in [-0.2, 0) is 17.8 Å². The van der Waals surface area contributed by atoms with Crippen LogP contribution < -0.4 is 9.47 Å². The first-order valence-corrected chi connectivity index (χ1v) is 10.9. The number of hydrogen-bond acceptors (Lipinski definition) is 5. The molecule has 0 amide bonds. The fraction of sp³-hybridized carbons (Fsp3) is 0.308. The zero-order valence-electron chi connectivity index (χ0n) is 18.2. The molecule has 6 heteroatoms. The molecule has 1 aliphatic rings. The number of carboxylic acid groups (broad SMARTS) is 1. The summed E-state index contributed by atoms with van der Waals surface area (Å²) in [4.78, 5) is 18.5. The second-order valence-corrected chi connectivity index (χ2v) is 7.96. The lowest BCUT2D eigenvalue weighted by Gasteiger charge is -2.32. The Bertz CT molecular complexity index is 1030. The first-order chi connectivity index (χ1) is 15.7. The molecule has 166 valence electrons. The molecule has 1 aliphatic heterocycles. The molecule has 2 unspecified atom stereocenters. The average Bonchev–Trinajstić information content (AvgIpc) is 3.32. The molecule has 1 saturated heterocycles. The first-order valence-electron chi connectivity index (χ1n) is 10.9. The standard InChI is InChI=1S/C26H28N2O4/c1-31-25-16-20(12-13-24(25)32-18-19-8-3-2-4-9-19)23(17-21-10-5-6-14-27-21)28-15-7-11-22(28)26(29)30/h2-6,8-10,12-14,16,22-23H,7,11,15,17-18H2,1H3,(H,29,30). The van der Waals surface area contributed by atoms with Crippen molar-refractivity contribution < 1.29 is 19.4 Å². The second kappa shape index (κ2) is 10.3. The molecule has 3 aromatic rings. The number of methoxy groups -OCH3 is 1. The van der Waals surface area contributed by atoms with Gasteiger partial charge in [-0.2, -0.15) is 0 Å². The van der Waals surface area contributed by atoms with Crippen molar-refractivity contribution in [2.45, 2.75) is 38.0 Å². The van der Waals surface area contributed by atoms with Crippen LogP contribution in [0.5, 0.6) is 11.5 Å². The van der Waals surface area contributed by atoms with Crippen LogP contribution in [0.1, 0.15) is 35.7 Å². The minimum Gasteiger partial charge on any atom is -0.493 e. The predicted octanol–water partition coefficient (Wildman–Crippen LogP) is 4.50. The van der Waals surface area contributed by atoms with Gasteiger partial charge in [-0.3, -0.25) is 14.7 Å². The molecule has 32 heavy (non-hydrogen) atoms. The Morgan fingerprint density at radius 1 is 1.12 bits per heavy atom. The van der Waals surface area contributed by atoms with Gasteiger partial charge in [0.25, 0.3) is 0 Å². The molecule has 1 aromatic heterocycles. The minimum absolute atomic E-state index is 0.120. The maximum Gasteiger partial charge on any atom is 0.320 e. The van der Waals surface area contributed by atoms with Crippen molar-refractivity contribution in [2.24, 2.45) is 0 Å². The number of aliphatic carboxylic acids is 1. The molecule has 0 spiro atoms. The van der Waals surface area contributed by atoms with Crippen LogP contribution >= 0.6 is 0 Å². The van der Waals surface area contributed by atoms with Gasteiger partial charge in [0, 0.05) is 24.4 Å². The lowest BCUT2D eigenvalue weighted by atomic mass is 9.98. The summed E-state index contributed by atoms with van der Waals surface area (Å²) < 4.78 is 11.6. The molecule has 2 atom stereocenters. The van der Waals surface area contributed by atoms with Crippen LogP contribution in [0.4, 0.5) is 0 Å². The van der Waals surface area contributed by atoms with Crippen LogP contribution in [0.15, 0.2) is 72.9 Å². The minimum atomic E-state index is -0.775. The summed E-state index contributed by atoms with van der Waals surface area (Å²) in [5.74, 6) is 0.520. The molecule has 2 heterocycles. The number of benzene rings is 2. The summed E-state index contributed by atoms with van der Waals surface area (Å²) in [6, 6.07) is 21.1. The molecular formula is C26H28N2O4. The highest BCUT2D eigenvalue weighted by molar-refractivity contribution is 5.74. The van der Waals surface area contributed by atoms with Crippen LogP contribution in [-0.4, -0.2) is 40.7 Å². The summed E-state index contributed by atoms with van der Waals surface area (Å²) in [5.41, 5.74) is 3.00. The van der Waals surface area contributed by atoms with Crippen LogP contribution in [0.3, 0.4) is 0 Å². The maximum absolute atomic E-state index is 11.9. The Balaban J connectivity index is 1.61. The molecule has 0 radical (unpaired) electrons. The number of carbonyl (C=O) groups is 1. The molecule has 0 saturated carbocycles. The van der Waals surface area contributed by atoms with E-state index in [0.29, 0.717) is 30.9 Å².